The van der Waals surface area contributed by atoms with Gasteiger partial charge in [0.15, 0.2) is 0 Å². The summed E-state index contributed by atoms with van der Waals surface area (Å²) in [4.78, 5) is 11.9. The zero-order valence-electron chi connectivity index (χ0n) is 12.8. The predicted molar refractivity (Wildman–Crippen MR) is 85.2 cm³/mol. The van der Waals surface area contributed by atoms with E-state index in [0.29, 0.717) is 0 Å². The van der Waals surface area contributed by atoms with Crippen molar-refractivity contribution >= 4 is 6.09 Å². The first-order valence-corrected chi connectivity index (χ1v) is 7.21. The molecular weight excluding hydrogens is 278 g/mol. The summed E-state index contributed by atoms with van der Waals surface area (Å²) in [5.41, 5.74) is 0.824. The van der Waals surface area contributed by atoms with Crippen LogP contribution in [-0.2, 0) is 11.3 Å². The lowest BCUT2D eigenvalue weighted by atomic mass is 9.91. The molecule has 0 saturated heterocycles. The highest BCUT2D eigenvalue weighted by Gasteiger charge is 2.31. The topological polar surface area (TPSA) is 58.6 Å². The van der Waals surface area contributed by atoms with Crippen LogP contribution in [0, 0.1) is 0 Å². The van der Waals surface area contributed by atoms with E-state index in [1.54, 1.807) is 13.8 Å². The Morgan fingerprint density at radius 3 is 2.23 bits per heavy atom. The van der Waals surface area contributed by atoms with E-state index in [1.807, 2.05) is 60.7 Å². The molecule has 1 unspecified atom stereocenters. The van der Waals surface area contributed by atoms with Crippen LogP contribution in [0.4, 0.5) is 4.79 Å². The van der Waals surface area contributed by atoms with Gasteiger partial charge in [0.25, 0.3) is 0 Å². The van der Waals surface area contributed by atoms with Crippen molar-refractivity contribution in [3.63, 3.8) is 0 Å². The van der Waals surface area contributed by atoms with Gasteiger partial charge in [-0.05, 0) is 25.0 Å². The van der Waals surface area contributed by atoms with Crippen LogP contribution in [0.1, 0.15) is 31.1 Å². The fourth-order valence-electron chi connectivity index (χ4n) is 2.14. The molecule has 2 aromatic rings. The summed E-state index contributed by atoms with van der Waals surface area (Å²) < 4.78 is 5.19. The van der Waals surface area contributed by atoms with Crippen LogP contribution in [0.25, 0.3) is 0 Å². The first kappa shape index (κ1) is 16.0. The van der Waals surface area contributed by atoms with E-state index in [2.05, 4.69) is 5.32 Å². The third-order valence-corrected chi connectivity index (χ3v) is 3.44. The minimum absolute atomic E-state index is 0.199. The van der Waals surface area contributed by atoms with E-state index in [9.17, 15) is 9.90 Å². The molecule has 4 nitrogen and oxygen atoms in total. The Bertz CT molecular complexity index is 596. The van der Waals surface area contributed by atoms with Crippen LogP contribution < -0.4 is 5.32 Å². The zero-order chi connectivity index (χ0) is 16.0. The fourth-order valence-corrected chi connectivity index (χ4v) is 2.14. The number of amides is 1. The molecule has 0 aliphatic rings. The van der Waals surface area contributed by atoms with Crippen LogP contribution in [0.15, 0.2) is 60.7 Å². The Hall–Kier alpha value is -2.33. The van der Waals surface area contributed by atoms with Crippen molar-refractivity contribution in [2.45, 2.75) is 32.1 Å². The molecule has 0 spiro atoms. The zero-order valence-corrected chi connectivity index (χ0v) is 12.8. The van der Waals surface area contributed by atoms with E-state index < -0.39 is 17.7 Å². The van der Waals surface area contributed by atoms with Gasteiger partial charge in [-0.25, -0.2) is 4.79 Å². The van der Waals surface area contributed by atoms with Gasteiger partial charge in [0.1, 0.15) is 12.7 Å². The Morgan fingerprint density at radius 2 is 1.64 bits per heavy atom. The van der Waals surface area contributed by atoms with Gasteiger partial charge in [0.05, 0.1) is 5.54 Å². The van der Waals surface area contributed by atoms with Gasteiger partial charge < -0.3 is 15.2 Å². The smallest absolute Gasteiger partial charge is 0.407 e. The van der Waals surface area contributed by atoms with Gasteiger partial charge in [0.2, 0.25) is 0 Å². The predicted octanol–water partition coefficient (Wildman–Crippen LogP) is 3.43. The monoisotopic (exact) mass is 299 g/mol. The molecule has 1 amide bonds. The molecule has 4 heteroatoms. The molecule has 116 valence electrons. The van der Waals surface area contributed by atoms with Crippen LogP contribution in [0.2, 0.25) is 0 Å². The number of benzene rings is 2. The van der Waals surface area contributed by atoms with Crippen LogP contribution >= 0.6 is 0 Å². The maximum Gasteiger partial charge on any atom is 0.407 e. The SMILES string of the molecule is CC(C)(NC(=O)OCc1ccccc1)C(O)c1ccccc1. The molecule has 0 heterocycles. The first-order valence-electron chi connectivity index (χ1n) is 7.21. The maximum atomic E-state index is 11.9. The molecule has 0 fully saturated rings. The summed E-state index contributed by atoms with van der Waals surface area (Å²) in [6.07, 6.45) is -1.37. The van der Waals surface area contributed by atoms with Crippen LogP contribution in [-0.4, -0.2) is 16.7 Å². The molecule has 1 atom stereocenters. The summed E-state index contributed by atoms with van der Waals surface area (Å²) in [6, 6.07) is 18.7. The molecule has 0 aromatic heterocycles. The minimum atomic E-state index is -0.838. The van der Waals surface area contributed by atoms with Gasteiger partial charge in [0, 0.05) is 0 Å². The van der Waals surface area contributed by atoms with E-state index >= 15 is 0 Å². The number of carbonyl (C=O) groups excluding carboxylic acids is 1. The van der Waals surface area contributed by atoms with Gasteiger partial charge in [-0.1, -0.05) is 60.7 Å². The number of nitrogens with one attached hydrogen (secondary N) is 1. The molecule has 0 bridgehead atoms. The Morgan fingerprint density at radius 1 is 1.09 bits per heavy atom. The lowest BCUT2D eigenvalue weighted by molar-refractivity contribution is 0.0669. The lowest BCUT2D eigenvalue weighted by Gasteiger charge is -2.31. The van der Waals surface area contributed by atoms with Crippen molar-refractivity contribution in [3.8, 4) is 0 Å². The molecule has 0 radical (unpaired) electrons. The average Bonchev–Trinajstić information content (AvgIpc) is 2.53. The first-order chi connectivity index (χ1) is 10.5. The van der Waals surface area contributed by atoms with Crippen LogP contribution in [0.5, 0.6) is 0 Å². The van der Waals surface area contributed by atoms with Crippen molar-refractivity contribution in [2.24, 2.45) is 0 Å². The summed E-state index contributed by atoms with van der Waals surface area (Å²) in [5, 5.41) is 13.1. The van der Waals surface area contributed by atoms with E-state index in [0.717, 1.165) is 11.1 Å². The fraction of sp³-hybridized carbons (Fsp3) is 0.278. The highest BCUT2D eigenvalue weighted by molar-refractivity contribution is 5.68. The molecular formula is C18H21NO3. The van der Waals surface area contributed by atoms with Crippen molar-refractivity contribution in [2.75, 3.05) is 0 Å². The van der Waals surface area contributed by atoms with Crippen molar-refractivity contribution < 1.29 is 14.6 Å². The van der Waals surface area contributed by atoms with E-state index in [1.165, 1.54) is 0 Å². The Balaban J connectivity index is 1.92. The molecule has 2 N–H and O–H groups in total. The highest BCUT2D eigenvalue weighted by atomic mass is 16.5. The highest BCUT2D eigenvalue weighted by Crippen LogP contribution is 2.25. The van der Waals surface area contributed by atoms with Gasteiger partial charge in [-0.15, -0.1) is 0 Å². The molecule has 0 aliphatic carbocycles. The Labute approximate surface area is 130 Å². The summed E-state index contributed by atoms with van der Waals surface area (Å²) >= 11 is 0. The third-order valence-electron chi connectivity index (χ3n) is 3.44. The normalized spacial score (nSPS) is 12.5. The van der Waals surface area contributed by atoms with E-state index in [-0.39, 0.29) is 6.61 Å². The maximum absolute atomic E-state index is 11.9. The second-order valence-electron chi connectivity index (χ2n) is 5.72. The number of aliphatic hydroxyl groups excluding tert-OH is 1. The molecule has 2 aromatic carbocycles. The van der Waals surface area contributed by atoms with Crippen molar-refractivity contribution in [1.29, 1.82) is 0 Å². The number of ether oxygens (including phenoxy) is 1. The Kier molecular flexibility index (Phi) is 5.17. The number of alkyl carbamates (subject to hydrolysis) is 1. The quantitative estimate of drug-likeness (QED) is 0.889. The average molecular weight is 299 g/mol. The standard InChI is InChI=1S/C18H21NO3/c1-18(2,16(20)15-11-7-4-8-12-15)19-17(21)22-13-14-9-5-3-6-10-14/h3-12,16,20H,13H2,1-2H3,(H,19,21). The summed E-state index contributed by atoms with van der Waals surface area (Å²) in [5.74, 6) is 0. The second kappa shape index (κ2) is 7.09. The molecule has 22 heavy (non-hydrogen) atoms. The third kappa shape index (κ3) is 4.33. The minimum Gasteiger partial charge on any atom is -0.445 e. The number of aliphatic hydroxyl groups is 1. The molecule has 0 saturated carbocycles. The molecule has 0 aliphatic heterocycles. The van der Waals surface area contributed by atoms with Gasteiger partial charge >= 0.3 is 6.09 Å². The number of carbonyl (C=O) groups is 1. The van der Waals surface area contributed by atoms with Gasteiger partial charge in [-0.3, -0.25) is 0 Å². The van der Waals surface area contributed by atoms with Crippen LogP contribution in [0.3, 0.4) is 0 Å². The van der Waals surface area contributed by atoms with Crippen molar-refractivity contribution in [3.05, 3.63) is 71.8 Å². The number of rotatable bonds is 5. The van der Waals surface area contributed by atoms with Gasteiger partial charge in [-0.2, -0.15) is 0 Å². The lowest BCUT2D eigenvalue weighted by Crippen LogP contribution is -2.48. The molecule has 2 rings (SSSR count). The summed E-state index contributed by atoms with van der Waals surface area (Å²) in [7, 11) is 0. The number of hydrogen-bond donors (Lipinski definition) is 2. The van der Waals surface area contributed by atoms with E-state index in [4.69, 9.17) is 4.74 Å². The largest absolute Gasteiger partial charge is 0.445 e. The van der Waals surface area contributed by atoms with Crippen molar-refractivity contribution in [1.82, 2.24) is 5.32 Å². The number of hydrogen-bond acceptors (Lipinski definition) is 3. The summed E-state index contributed by atoms with van der Waals surface area (Å²) in [6.45, 7) is 3.72. The second-order valence-corrected chi connectivity index (χ2v) is 5.72.